The Morgan fingerprint density at radius 1 is 1.22 bits per heavy atom. The molecule has 0 radical (unpaired) electrons. The fraction of sp³-hybridized carbons (Fsp3) is 0.278. The second kappa shape index (κ2) is 9.48. The minimum Gasteiger partial charge on any atom is -0.484 e. The van der Waals surface area contributed by atoms with Crippen LogP contribution >= 0.6 is 23.4 Å². The first kappa shape index (κ1) is 17.7. The number of ether oxygens (including phenoxy) is 1. The highest BCUT2D eigenvalue weighted by molar-refractivity contribution is 7.99. The molecule has 5 heteroatoms. The summed E-state index contributed by atoms with van der Waals surface area (Å²) in [5.74, 6) is 1.52. The highest BCUT2D eigenvalue weighted by atomic mass is 35.5. The molecule has 0 bridgehead atoms. The van der Waals surface area contributed by atoms with Crippen LogP contribution in [0, 0.1) is 6.92 Å². The van der Waals surface area contributed by atoms with Crippen LogP contribution in [0.3, 0.4) is 0 Å². The lowest BCUT2D eigenvalue weighted by molar-refractivity contribution is -0.123. The van der Waals surface area contributed by atoms with E-state index in [1.54, 1.807) is 23.9 Å². The van der Waals surface area contributed by atoms with Crippen LogP contribution in [0.25, 0.3) is 0 Å². The number of thioether (sulfide) groups is 1. The summed E-state index contributed by atoms with van der Waals surface area (Å²) in [7, 11) is 0. The van der Waals surface area contributed by atoms with E-state index in [0.717, 1.165) is 17.7 Å². The molecule has 0 saturated carbocycles. The topological polar surface area (TPSA) is 38.3 Å². The largest absolute Gasteiger partial charge is 0.484 e. The summed E-state index contributed by atoms with van der Waals surface area (Å²) in [6.07, 6.45) is 0.922. The smallest absolute Gasteiger partial charge is 0.257 e. The molecule has 2 aromatic carbocycles. The predicted octanol–water partition coefficient (Wildman–Crippen LogP) is 4.33. The van der Waals surface area contributed by atoms with Gasteiger partial charge in [0.25, 0.3) is 5.91 Å². The summed E-state index contributed by atoms with van der Waals surface area (Å²) in [6, 6.07) is 15.6. The Hall–Kier alpha value is -1.65. The van der Waals surface area contributed by atoms with Crippen molar-refractivity contribution in [2.75, 3.05) is 18.9 Å². The van der Waals surface area contributed by atoms with Crippen molar-refractivity contribution in [3.63, 3.8) is 0 Å². The van der Waals surface area contributed by atoms with Crippen LogP contribution in [0.1, 0.15) is 12.0 Å². The van der Waals surface area contributed by atoms with Crippen LogP contribution in [0.4, 0.5) is 0 Å². The Morgan fingerprint density at radius 2 is 2.00 bits per heavy atom. The highest BCUT2D eigenvalue weighted by Crippen LogP contribution is 2.21. The first-order chi connectivity index (χ1) is 11.1. The van der Waals surface area contributed by atoms with Gasteiger partial charge in [0.2, 0.25) is 0 Å². The van der Waals surface area contributed by atoms with Gasteiger partial charge < -0.3 is 10.1 Å². The van der Waals surface area contributed by atoms with Gasteiger partial charge in [0.1, 0.15) is 5.75 Å². The van der Waals surface area contributed by atoms with Crippen molar-refractivity contribution in [2.45, 2.75) is 18.2 Å². The van der Waals surface area contributed by atoms with Gasteiger partial charge in [-0.05, 0) is 55.0 Å². The number of hydrogen-bond acceptors (Lipinski definition) is 3. The van der Waals surface area contributed by atoms with E-state index in [0.29, 0.717) is 17.3 Å². The standard InChI is InChI=1S/C18H20ClNO2S/c1-14-12-15(8-9-17(14)19)22-13-18(21)20-10-5-11-23-16-6-3-2-4-7-16/h2-4,6-9,12H,5,10-11,13H2,1H3,(H,20,21). The minimum absolute atomic E-state index is 0.0207. The molecule has 0 saturated heterocycles. The number of hydrogen-bond donors (Lipinski definition) is 1. The highest BCUT2D eigenvalue weighted by Gasteiger charge is 2.04. The third-order valence-electron chi connectivity index (χ3n) is 3.15. The van der Waals surface area contributed by atoms with E-state index in [1.807, 2.05) is 31.2 Å². The Bertz CT molecular complexity index is 634. The van der Waals surface area contributed by atoms with Gasteiger partial charge >= 0.3 is 0 Å². The van der Waals surface area contributed by atoms with Crippen molar-refractivity contribution in [3.8, 4) is 5.75 Å². The van der Waals surface area contributed by atoms with E-state index < -0.39 is 0 Å². The van der Waals surface area contributed by atoms with Crippen molar-refractivity contribution in [1.82, 2.24) is 5.32 Å². The Labute approximate surface area is 146 Å². The number of rotatable bonds is 8. The zero-order chi connectivity index (χ0) is 16.5. The van der Waals surface area contributed by atoms with Gasteiger partial charge in [-0.1, -0.05) is 29.8 Å². The van der Waals surface area contributed by atoms with Gasteiger partial charge in [-0.15, -0.1) is 11.8 Å². The molecule has 122 valence electrons. The summed E-state index contributed by atoms with van der Waals surface area (Å²) in [4.78, 5) is 13.0. The second-order valence-corrected chi connectivity index (χ2v) is 6.64. The second-order valence-electron chi connectivity index (χ2n) is 5.06. The van der Waals surface area contributed by atoms with Gasteiger partial charge in [0.05, 0.1) is 0 Å². The van der Waals surface area contributed by atoms with Gasteiger partial charge in [-0.3, -0.25) is 4.79 Å². The molecule has 1 amide bonds. The number of halogens is 1. The lowest BCUT2D eigenvalue weighted by Gasteiger charge is -2.08. The molecule has 2 rings (SSSR count). The van der Waals surface area contributed by atoms with Crippen LogP contribution in [0.15, 0.2) is 53.4 Å². The number of nitrogens with one attached hydrogen (secondary N) is 1. The molecule has 0 atom stereocenters. The predicted molar refractivity (Wildman–Crippen MR) is 96.5 cm³/mol. The van der Waals surface area contributed by atoms with E-state index in [1.165, 1.54) is 4.90 Å². The SMILES string of the molecule is Cc1cc(OCC(=O)NCCCSc2ccccc2)ccc1Cl. The Balaban J connectivity index is 1.59. The maximum Gasteiger partial charge on any atom is 0.257 e. The molecular formula is C18H20ClNO2S. The fourth-order valence-corrected chi connectivity index (χ4v) is 2.91. The fourth-order valence-electron chi connectivity index (χ4n) is 1.91. The Kier molecular flexibility index (Phi) is 7.30. The van der Waals surface area contributed by atoms with Crippen molar-refractivity contribution < 1.29 is 9.53 Å². The van der Waals surface area contributed by atoms with E-state index in [2.05, 4.69) is 17.4 Å². The normalized spacial score (nSPS) is 10.3. The summed E-state index contributed by atoms with van der Waals surface area (Å²) in [5.41, 5.74) is 0.933. The number of carbonyl (C=O) groups excluding carboxylic acids is 1. The van der Waals surface area contributed by atoms with E-state index in [4.69, 9.17) is 16.3 Å². The molecule has 0 heterocycles. The lowest BCUT2D eigenvalue weighted by Crippen LogP contribution is -2.29. The maximum absolute atomic E-state index is 11.7. The quantitative estimate of drug-likeness (QED) is 0.569. The number of benzene rings is 2. The molecule has 0 aliphatic carbocycles. The van der Waals surface area contributed by atoms with Crippen molar-refractivity contribution in [3.05, 3.63) is 59.1 Å². The minimum atomic E-state index is -0.109. The van der Waals surface area contributed by atoms with E-state index in [-0.39, 0.29) is 12.5 Å². The molecule has 2 aromatic rings. The Morgan fingerprint density at radius 3 is 2.74 bits per heavy atom. The zero-order valence-electron chi connectivity index (χ0n) is 13.0. The number of aryl methyl sites for hydroxylation is 1. The van der Waals surface area contributed by atoms with E-state index in [9.17, 15) is 4.79 Å². The molecule has 3 nitrogen and oxygen atoms in total. The van der Waals surface area contributed by atoms with Crippen molar-refractivity contribution in [1.29, 1.82) is 0 Å². The summed E-state index contributed by atoms with van der Waals surface area (Å²) < 4.78 is 5.45. The van der Waals surface area contributed by atoms with Crippen LogP contribution in [-0.4, -0.2) is 24.8 Å². The van der Waals surface area contributed by atoms with Gasteiger partial charge in [0.15, 0.2) is 6.61 Å². The maximum atomic E-state index is 11.7. The molecule has 0 unspecified atom stereocenters. The van der Waals surface area contributed by atoms with Gasteiger partial charge in [-0.2, -0.15) is 0 Å². The van der Waals surface area contributed by atoms with Crippen LogP contribution in [-0.2, 0) is 4.79 Å². The third kappa shape index (κ3) is 6.55. The molecule has 0 aliphatic heterocycles. The number of carbonyl (C=O) groups is 1. The molecular weight excluding hydrogens is 330 g/mol. The van der Waals surface area contributed by atoms with Crippen molar-refractivity contribution in [2.24, 2.45) is 0 Å². The summed E-state index contributed by atoms with van der Waals surface area (Å²) in [6.45, 7) is 2.58. The van der Waals surface area contributed by atoms with Crippen LogP contribution in [0.5, 0.6) is 5.75 Å². The average Bonchev–Trinajstić information content (AvgIpc) is 2.56. The van der Waals surface area contributed by atoms with Gasteiger partial charge in [0, 0.05) is 16.5 Å². The number of amides is 1. The first-order valence-electron chi connectivity index (χ1n) is 7.48. The van der Waals surface area contributed by atoms with Crippen molar-refractivity contribution >= 4 is 29.3 Å². The van der Waals surface area contributed by atoms with E-state index >= 15 is 0 Å². The monoisotopic (exact) mass is 349 g/mol. The van der Waals surface area contributed by atoms with Crippen LogP contribution in [0.2, 0.25) is 5.02 Å². The lowest BCUT2D eigenvalue weighted by atomic mass is 10.2. The third-order valence-corrected chi connectivity index (χ3v) is 4.68. The summed E-state index contributed by atoms with van der Waals surface area (Å²) >= 11 is 7.74. The molecule has 1 N–H and O–H groups in total. The molecule has 0 aromatic heterocycles. The zero-order valence-corrected chi connectivity index (χ0v) is 14.6. The average molecular weight is 350 g/mol. The molecule has 0 aliphatic rings. The molecule has 23 heavy (non-hydrogen) atoms. The van der Waals surface area contributed by atoms with Gasteiger partial charge in [-0.25, -0.2) is 0 Å². The van der Waals surface area contributed by atoms with Crippen LogP contribution < -0.4 is 10.1 Å². The molecule has 0 spiro atoms. The summed E-state index contributed by atoms with van der Waals surface area (Å²) in [5, 5.41) is 3.55. The first-order valence-corrected chi connectivity index (χ1v) is 8.85. The molecule has 0 fully saturated rings.